The van der Waals surface area contributed by atoms with E-state index in [9.17, 15) is 4.79 Å². The highest BCUT2D eigenvalue weighted by atomic mass is 16.1. The normalized spacial score (nSPS) is 11.1. The zero-order chi connectivity index (χ0) is 17.6. The van der Waals surface area contributed by atoms with Crippen LogP contribution in [0.25, 0.3) is 33.2 Å². The average molecular weight is 331 g/mol. The maximum absolute atomic E-state index is 11.5. The van der Waals surface area contributed by atoms with Crippen molar-refractivity contribution in [2.24, 2.45) is 5.73 Å². The van der Waals surface area contributed by atoms with Crippen molar-refractivity contribution < 1.29 is 4.79 Å². The van der Waals surface area contributed by atoms with Crippen molar-refractivity contribution in [1.29, 1.82) is 0 Å². The van der Waals surface area contributed by atoms with Crippen LogP contribution >= 0.6 is 0 Å². The fraction of sp³-hybridized carbons (Fsp3) is 0.105. The summed E-state index contributed by atoms with van der Waals surface area (Å²) in [5, 5.41) is 1.77. The van der Waals surface area contributed by atoms with E-state index in [0.717, 1.165) is 38.9 Å². The van der Waals surface area contributed by atoms with E-state index < -0.39 is 5.91 Å². The molecule has 0 aliphatic heterocycles. The molecule has 4 rings (SSSR count). The van der Waals surface area contributed by atoms with E-state index in [1.54, 1.807) is 18.5 Å². The van der Waals surface area contributed by atoms with Crippen molar-refractivity contribution in [3.05, 3.63) is 54.4 Å². The number of aromatic nitrogens is 3. The van der Waals surface area contributed by atoms with Crippen molar-refractivity contribution in [3.63, 3.8) is 0 Å². The monoisotopic (exact) mass is 331 g/mol. The van der Waals surface area contributed by atoms with Crippen LogP contribution < -0.4 is 10.6 Å². The van der Waals surface area contributed by atoms with Gasteiger partial charge in [0.1, 0.15) is 12.0 Å². The summed E-state index contributed by atoms with van der Waals surface area (Å²) in [6.07, 6.45) is 1.54. The van der Waals surface area contributed by atoms with Gasteiger partial charge < -0.3 is 15.6 Å². The van der Waals surface area contributed by atoms with Crippen LogP contribution in [-0.2, 0) is 0 Å². The lowest BCUT2D eigenvalue weighted by Crippen LogP contribution is -2.10. The molecular formula is C19H17N5O. The largest absolute Gasteiger partial charge is 0.378 e. The molecule has 0 fully saturated rings. The fourth-order valence-corrected chi connectivity index (χ4v) is 3.01. The van der Waals surface area contributed by atoms with Gasteiger partial charge in [-0.05, 0) is 30.3 Å². The number of fused-ring (bicyclic) bond motifs is 3. The lowest BCUT2D eigenvalue weighted by molar-refractivity contribution is 0.100. The first kappa shape index (κ1) is 15.1. The highest BCUT2D eigenvalue weighted by molar-refractivity contribution is 6.13. The van der Waals surface area contributed by atoms with Crippen molar-refractivity contribution in [2.45, 2.75) is 0 Å². The Balaban J connectivity index is 1.98. The third-order valence-corrected chi connectivity index (χ3v) is 4.33. The van der Waals surface area contributed by atoms with Crippen LogP contribution in [0.4, 0.5) is 5.69 Å². The van der Waals surface area contributed by atoms with Gasteiger partial charge in [-0.15, -0.1) is 0 Å². The Morgan fingerprint density at radius 3 is 2.52 bits per heavy atom. The first-order valence-electron chi connectivity index (χ1n) is 7.88. The molecule has 1 amide bonds. The van der Waals surface area contributed by atoms with Crippen LogP contribution in [0.3, 0.4) is 0 Å². The molecule has 2 aromatic heterocycles. The van der Waals surface area contributed by atoms with Crippen molar-refractivity contribution in [3.8, 4) is 11.3 Å². The van der Waals surface area contributed by atoms with Gasteiger partial charge in [0.15, 0.2) is 0 Å². The Bertz CT molecular complexity index is 1100. The number of benzene rings is 2. The van der Waals surface area contributed by atoms with E-state index in [4.69, 9.17) is 5.73 Å². The van der Waals surface area contributed by atoms with E-state index in [2.05, 4.69) is 15.0 Å². The van der Waals surface area contributed by atoms with Gasteiger partial charge in [0.25, 0.3) is 0 Å². The van der Waals surface area contributed by atoms with Crippen LogP contribution in [0, 0.1) is 0 Å². The number of hydrogen-bond acceptors (Lipinski definition) is 4. The summed E-state index contributed by atoms with van der Waals surface area (Å²) in [7, 11) is 4.01. The van der Waals surface area contributed by atoms with Crippen molar-refractivity contribution >= 4 is 33.5 Å². The molecule has 124 valence electrons. The summed E-state index contributed by atoms with van der Waals surface area (Å²) >= 11 is 0. The first-order chi connectivity index (χ1) is 12.0. The van der Waals surface area contributed by atoms with Crippen LogP contribution in [0.5, 0.6) is 0 Å². The molecule has 3 N–H and O–H groups in total. The van der Waals surface area contributed by atoms with Crippen LogP contribution in [0.2, 0.25) is 0 Å². The highest BCUT2D eigenvalue weighted by Crippen LogP contribution is 2.33. The summed E-state index contributed by atoms with van der Waals surface area (Å²) in [5.41, 5.74) is 10.4. The molecule has 25 heavy (non-hydrogen) atoms. The number of H-pyrrole nitrogens is 1. The predicted octanol–water partition coefficient (Wildman–Crippen LogP) is 2.94. The number of anilines is 1. The molecular weight excluding hydrogens is 314 g/mol. The molecule has 0 bridgehead atoms. The quantitative estimate of drug-likeness (QED) is 0.604. The molecule has 0 aliphatic carbocycles. The third kappa shape index (κ3) is 2.48. The summed E-state index contributed by atoms with van der Waals surface area (Å²) < 4.78 is 0. The number of nitrogens with two attached hydrogens (primary N) is 1. The van der Waals surface area contributed by atoms with E-state index in [0.29, 0.717) is 5.56 Å². The Hall–Kier alpha value is -3.41. The van der Waals surface area contributed by atoms with Gasteiger partial charge in [0.2, 0.25) is 5.91 Å². The minimum Gasteiger partial charge on any atom is -0.378 e. The van der Waals surface area contributed by atoms with Gasteiger partial charge >= 0.3 is 0 Å². The van der Waals surface area contributed by atoms with Gasteiger partial charge in [0.05, 0.1) is 11.1 Å². The fourth-order valence-electron chi connectivity index (χ4n) is 3.01. The second kappa shape index (κ2) is 5.59. The smallest absolute Gasteiger partial charge is 0.248 e. The first-order valence-corrected chi connectivity index (χ1v) is 7.88. The van der Waals surface area contributed by atoms with E-state index in [1.807, 2.05) is 49.3 Å². The van der Waals surface area contributed by atoms with Gasteiger partial charge in [-0.3, -0.25) is 4.79 Å². The maximum Gasteiger partial charge on any atom is 0.248 e. The summed E-state index contributed by atoms with van der Waals surface area (Å²) in [4.78, 5) is 25.7. The number of carbonyl (C=O) groups excluding carboxylic acids is 1. The number of carbonyl (C=O) groups is 1. The van der Waals surface area contributed by atoms with Gasteiger partial charge in [-0.2, -0.15) is 0 Å². The number of primary amides is 1. The number of rotatable bonds is 3. The number of hydrogen-bond donors (Lipinski definition) is 2. The zero-order valence-corrected chi connectivity index (χ0v) is 13.9. The Labute approximate surface area is 144 Å². The number of nitrogens with one attached hydrogen (secondary N) is 1. The molecule has 0 unspecified atom stereocenters. The second-order valence-electron chi connectivity index (χ2n) is 6.14. The molecule has 0 aliphatic rings. The molecule has 6 nitrogen and oxygen atoms in total. The summed E-state index contributed by atoms with van der Waals surface area (Å²) in [6.45, 7) is 0. The lowest BCUT2D eigenvalue weighted by atomic mass is 10.0. The van der Waals surface area contributed by atoms with Crippen LogP contribution in [-0.4, -0.2) is 35.0 Å². The minimum atomic E-state index is -0.454. The zero-order valence-electron chi connectivity index (χ0n) is 13.9. The maximum atomic E-state index is 11.5. The highest BCUT2D eigenvalue weighted by Gasteiger charge is 2.14. The third-order valence-electron chi connectivity index (χ3n) is 4.33. The van der Waals surface area contributed by atoms with E-state index in [1.165, 1.54) is 0 Å². The molecule has 6 heteroatoms. The minimum absolute atomic E-state index is 0.454. The average Bonchev–Trinajstić information content (AvgIpc) is 2.99. The topological polar surface area (TPSA) is 87.9 Å². The SMILES string of the molecule is CN(C)c1ccc(-c2ncnc3[nH]c4ccc(C(N)=O)cc4c23)cc1. The second-order valence-corrected chi connectivity index (χ2v) is 6.14. The molecule has 0 atom stereocenters. The predicted molar refractivity (Wildman–Crippen MR) is 99.7 cm³/mol. The van der Waals surface area contributed by atoms with Gasteiger partial charge in [0, 0.05) is 41.8 Å². The van der Waals surface area contributed by atoms with E-state index in [-0.39, 0.29) is 0 Å². The summed E-state index contributed by atoms with van der Waals surface area (Å²) in [6, 6.07) is 13.5. The number of nitrogens with zero attached hydrogens (tertiary/aromatic N) is 3. The molecule has 4 aromatic rings. The lowest BCUT2D eigenvalue weighted by Gasteiger charge is -2.12. The Kier molecular flexibility index (Phi) is 3.39. The molecule has 0 radical (unpaired) electrons. The van der Waals surface area contributed by atoms with Gasteiger partial charge in [-0.25, -0.2) is 9.97 Å². The number of aromatic amines is 1. The molecule has 2 heterocycles. The van der Waals surface area contributed by atoms with Crippen molar-refractivity contribution in [1.82, 2.24) is 15.0 Å². The van der Waals surface area contributed by atoms with Crippen LogP contribution in [0.15, 0.2) is 48.8 Å². The standard InChI is InChI=1S/C19H17N5O/c1-24(2)13-6-3-11(4-7-13)17-16-14-9-12(18(20)25)5-8-15(14)23-19(16)22-10-21-17/h3-10H,1-2H3,(H2,20,25)(H,21,22,23). The summed E-state index contributed by atoms with van der Waals surface area (Å²) in [5.74, 6) is -0.454. The Morgan fingerprint density at radius 1 is 1.08 bits per heavy atom. The Morgan fingerprint density at radius 2 is 1.84 bits per heavy atom. The molecule has 0 saturated heterocycles. The molecule has 0 spiro atoms. The van der Waals surface area contributed by atoms with Gasteiger partial charge in [-0.1, -0.05) is 12.1 Å². The molecule has 2 aromatic carbocycles. The molecule has 0 saturated carbocycles. The van der Waals surface area contributed by atoms with Crippen molar-refractivity contribution in [2.75, 3.05) is 19.0 Å². The number of amides is 1. The van der Waals surface area contributed by atoms with E-state index >= 15 is 0 Å². The van der Waals surface area contributed by atoms with Crippen LogP contribution in [0.1, 0.15) is 10.4 Å².